The zero-order chi connectivity index (χ0) is 16.9. The SMILES string of the molecule is Cc1ccc(-n2cc(NC(=O)NCc3ccncc3)cn2)c(C)c1. The Labute approximate surface area is 140 Å². The van der Waals surface area contributed by atoms with Crippen LogP contribution >= 0.6 is 0 Å². The van der Waals surface area contributed by atoms with E-state index in [1.54, 1.807) is 29.5 Å². The number of hydrogen-bond donors (Lipinski definition) is 2. The predicted molar refractivity (Wildman–Crippen MR) is 93.1 cm³/mol. The van der Waals surface area contributed by atoms with Crippen LogP contribution in [-0.2, 0) is 6.54 Å². The third kappa shape index (κ3) is 3.78. The summed E-state index contributed by atoms with van der Waals surface area (Å²) < 4.78 is 1.76. The summed E-state index contributed by atoms with van der Waals surface area (Å²) in [6, 6.07) is 9.61. The molecule has 0 unspecified atom stereocenters. The van der Waals surface area contributed by atoms with Crippen molar-refractivity contribution in [2.24, 2.45) is 0 Å². The van der Waals surface area contributed by atoms with E-state index >= 15 is 0 Å². The Kier molecular flexibility index (Phi) is 4.56. The van der Waals surface area contributed by atoms with Gasteiger partial charge in [0, 0.05) is 18.9 Å². The van der Waals surface area contributed by atoms with E-state index in [1.807, 2.05) is 31.2 Å². The number of nitrogens with one attached hydrogen (secondary N) is 2. The fraction of sp³-hybridized carbons (Fsp3) is 0.167. The van der Waals surface area contributed by atoms with Gasteiger partial charge in [-0.05, 0) is 43.2 Å². The number of benzene rings is 1. The highest BCUT2D eigenvalue weighted by Gasteiger charge is 2.07. The van der Waals surface area contributed by atoms with Gasteiger partial charge >= 0.3 is 6.03 Å². The smallest absolute Gasteiger partial charge is 0.319 e. The van der Waals surface area contributed by atoms with Gasteiger partial charge < -0.3 is 10.6 Å². The second-order valence-electron chi connectivity index (χ2n) is 5.63. The van der Waals surface area contributed by atoms with Gasteiger partial charge in [-0.1, -0.05) is 17.7 Å². The van der Waals surface area contributed by atoms with Gasteiger partial charge in [-0.3, -0.25) is 4.98 Å². The first-order valence-electron chi connectivity index (χ1n) is 7.68. The van der Waals surface area contributed by atoms with Crippen LogP contribution in [0.1, 0.15) is 16.7 Å². The molecule has 0 aliphatic heterocycles. The van der Waals surface area contributed by atoms with E-state index in [1.165, 1.54) is 5.56 Å². The third-order valence-electron chi connectivity index (χ3n) is 3.64. The molecule has 0 atom stereocenters. The van der Waals surface area contributed by atoms with E-state index in [9.17, 15) is 4.79 Å². The number of pyridine rings is 1. The van der Waals surface area contributed by atoms with Crippen LogP contribution in [0.4, 0.5) is 10.5 Å². The monoisotopic (exact) mass is 321 g/mol. The second-order valence-corrected chi connectivity index (χ2v) is 5.63. The maximum atomic E-state index is 12.0. The lowest BCUT2D eigenvalue weighted by atomic mass is 10.1. The lowest BCUT2D eigenvalue weighted by Gasteiger charge is -2.07. The van der Waals surface area contributed by atoms with Gasteiger partial charge in [-0.2, -0.15) is 5.10 Å². The largest absolute Gasteiger partial charge is 0.334 e. The Hall–Kier alpha value is -3.15. The Morgan fingerprint density at radius 2 is 1.96 bits per heavy atom. The number of aryl methyl sites for hydroxylation is 2. The lowest BCUT2D eigenvalue weighted by molar-refractivity contribution is 0.251. The summed E-state index contributed by atoms with van der Waals surface area (Å²) in [4.78, 5) is 15.9. The zero-order valence-corrected chi connectivity index (χ0v) is 13.7. The molecule has 0 saturated carbocycles. The number of carbonyl (C=O) groups excluding carboxylic acids is 1. The average Bonchev–Trinajstić information content (AvgIpc) is 3.02. The number of urea groups is 1. The van der Waals surface area contributed by atoms with Crippen LogP contribution in [0.3, 0.4) is 0 Å². The van der Waals surface area contributed by atoms with Crippen LogP contribution in [0.25, 0.3) is 5.69 Å². The molecule has 2 aromatic heterocycles. The van der Waals surface area contributed by atoms with Gasteiger partial charge in [0.2, 0.25) is 0 Å². The normalized spacial score (nSPS) is 10.4. The minimum Gasteiger partial charge on any atom is -0.334 e. The number of amides is 2. The first-order valence-corrected chi connectivity index (χ1v) is 7.68. The Bertz CT molecular complexity index is 842. The molecule has 0 aliphatic rings. The molecule has 6 heteroatoms. The molecule has 0 radical (unpaired) electrons. The zero-order valence-electron chi connectivity index (χ0n) is 13.7. The standard InChI is InChI=1S/C18H19N5O/c1-13-3-4-17(14(2)9-13)23-12-16(11-21-23)22-18(24)20-10-15-5-7-19-8-6-15/h3-9,11-12H,10H2,1-2H3,(H2,20,22,24). The number of nitrogens with zero attached hydrogens (tertiary/aromatic N) is 3. The van der Waals surface area contributed by atoms with Crippen molar-refractivity contribution in [2.45, 2.75) is 20.4 Å². The number of carbonyl (C=O) groups is 1. The first kappa shape index (κ1) is 15.7. The van der Waals surface area contributed by atoms with Crippen LogP contribution in [-0.4, -0.2) is 20.8 Å². The highest BCUT2D eigenvalue weighted by Crippen LogP contribution is 2.17. The Balaban J connectivity index is 1.62. The highest BCUT2D eigenvalue weighted by atomic mass is 16.2. The molecule has 1 aromatic carbocycles. The maximum absolute atomic E-state index is 12.0. The molecule has 6 nitrogen and oxygen atoms in total. The van der Waals surface area contributed by atoms with E-state index in [-0.39, 0.29) is 6.03 Å². The molecule has 24 heavy (non-hydrogen) atoms. The Morgan fingerprint density at radius 3 is 2.71 bits per heavy atom. The molecule has 2 heterocycles. The van der Waals surface area contributed by atoms with Gasteiger partial charge in [0.25, 0.3) is 0 Å². The predicted octanol–water partition coefficient (Wildman–Crippen LogP) is 3.21. The second kappa shape index (κ2) is 6.95. The number of aromatic nitrogens is 3. The van der Waals surface area contributed by atoms with Crippen molar-refractivity contribution < 1.29 is 4.79 Å². The Morgan fingerprint density at radius 1 is 1.17 bits per heavy atom. The summed E-state index contributed by atoms with van der Waals surface area (Å²) in [7, 11) is 0. The van der Waals surface area contributed by atoms with Gasteiger partial charge in [0.15, 0.2) is 0 Å². The van der Waals surface area contributed by atoms with Gasteiger partial charge in [0.1, 0.15) is 0 Å². The van der Waals surface area contributed by atoms with Gasteiger partial charge in [0.05, 0.1) is 23.8 Å². The molecular formula is C18H19N5O. The van der Waals surface area contributed by atoms with Gasteiger partial charge in [-0.15, -0.1) is 0 Å². The van der Waals surface area contributed by atoms with Crippen LogP contribution in [0.15, 0.2) is 55.1 Å². The molecule has 3 rings (SSSR count). The molecule has 122 valence electrons. The minimum absolute atomic E-state index is 0.271. The van der Waals surface area contributed by atoms with E-state index in [0.29, 0.717) is 12.2 Å². The van der Waals surface area contributed by atoms with Crippen molar-refractivity contribution in [1.29, 1.82) is 0 Å². The van der Waals surface area contributed by atoms with Crippen LogP contribution in [0.2, 0.25) is 0 Å². The van der Waals surface area contributed by atoms with Crippen molar-refractivity contribution in [3.63, 3.8) is 0 Å². The molecule has 0 spiro atoms. The highest BCUT2D eigenvalue weighted by molar-refractivity contribution is 5.88. The summed E-state index contributed by atoms with van der Waals surface area (Å²) >= 11 is 0. The molecule has 0 fully saturated rings. The van der Waals surface area contributed by atoms with Crippen LogP contribution in [0, 0.1) is 13.8 Å². The first-order chi connectivity index (χ1) is 11.6. The molecule has 3 aromatic rings. The molecular weight excluding hydrogens is 302 g/mol. The number of hydrogen-bond acceptors (Lipinski definition) is 3. The van der Waals surface area contributed by atoms with Crippen molar-refractivity contribution in [3.8, 4) is 5.69 Å². The number of anilines is 1. The summed E-state index contributed by atoms with van der Waals surface area (Å²) in [5.74, 6) is 0. The van der Waals surface area contributed by atoms with Gasteiger partial charge in [-0.25, -0.2) is 9.48 Å². The summed E-state index contributed by atoms with van der Waals surface area (Å²) in [6.07, 6.45) is 6.82. The fourth-order valence-electron chi connectivity index (χ4n) is 2.44. The molecule has 0 saturated heterocycles. The average molecular weight is 321 g/mol. The summed E-state index contributed by atoms with van der Waals surface area (Å²) in [6.45, 7) is 4.54. The van der Waals surface area contributed by atoms with E-state index in [0.717, 1.165) is 16.8 Å². The van der Waals surface area contributed by atoms with E-state index < -0.39 is 0 Å². The number of rotatable bonds is 4. The quantitative estimate of drug-likeness (QED) is 0.775. The summed E-state index contributed by atoms with van der Waals surface area (Å²) in [5.41, 5.74) is 4.96. The fourth-order valence-corrected chi connectivity index (χ4v) is 2.44. The van der Waals surface area contributed by atoms with Crippen molar-refractivity contribution in [3.05, 3.63) is 71.8 Å². The third-order valence-corrected chi connectivity index (χ3v) is 3.64. The molecule has 2 amide bonds. The summed E-state index contributed by atoms with van der Waals surface area (Å²) in [5, 5.41) is 9.90. The van der Waals surface area contributed by atoms with Crippen LogP contribution < -0.4 is 10.6 Å². The van der Waals surface area contributed by atoms with E-state index in [2.05, 4.69) is 33.7 Å². The van der Waals surface area contributed by atoms with Crippen molar-refractivity contribution in [2.75, 3.05) is 5.32 Å². The van der Waals surface area contributed by atoms with Crippen molar-refractivity contribution in [1.82, 2.24) is 20.1 Å². The van der Waals surface area contributed by atoms with E-state index in [4.69, 9.17) is 0 Å². The minimum atomic E-state index is -0.271. The molecule has 0 bridgehead atoms. The maximum Gasteiger partial charge on any atom is 0.319 e. The van der Waals surface area contributed by atoms with Crippen LogP contribution in [0.5, 0.6) is 0 Å². The molecule has 2 N–H and O–H groups in total. The molecule has 0 aliphatic carbocycles. The lowest BCUT2D eigenvalue weighted by Crippen LogP contribution is -2.28. The topological polar surface area (TPSA) is 71.8 Å². The van der Waals surface area contributed by atoms with Crippen molar-refractivity contribution >= 4 is 11.7 Å².